The molecule has 1 aromatic rings. The van der Waals surface area contributed by atoms with Gasteiger partial charge >= 0.3 is 0 Å². The van der Waals surface area contributed by atoms with Gasteiger partial charge in [0.05, 0.1) is 6.61 Å². The van der Waals surface area contributed by atoms with E-state index in [1.165, 1.54) is 0 Å². The molecule has 1 unspecified atom stereocenters. The van der Waals surface area contributed by atoms with E-state index in [0.717, 1.165) is 28.8 Å². The van der Waals surface area contributed by atoms with E-state index < -0.39 is 0 Å². The molecule has 1 amide bonds. The summed E-state index contributed by atoms with van der Waals surface area (Å²) >= 11 is 3.48. The predicted octanol–water partition coefficient (Wildman–Crippen LogP) is 3.41. The molecule has 0 bridgehead atoms. The molecule has 0 radical (unpaired) electrons. The Morgan fingerprint density at radius 1 is 1.43 bits per heavy atom. The van der Waals surface area contributed by atoms with Crippen molar-refractivity contribution in [3.8, 4) is 5.75 Å². The smallest absolute Gasteiger partial charge is 0.219 e. The van der Waals surface area contributed by atoms with Crippen molar-refractivity contribution >= 4 is 21.8 Å². The van der Waals surface area contributed by atoms with E-state index in [2.05, 4.69) is 46.5 Å². The number of carbonyl (C=O) groups is 1. The van der Waals surface area contributed by atoms with Gasteiger partial charge in [-0.1, -0.05) is 28.9 Å². The molecular formula is C16H25BrN2O2. The molecule has 2 N–H and O–H groups in total. The zero-order valence-electron chi connectivity index (χ0n) is 13.0. The van der Waals surface area contributed by atoms with Gasteiger partial charge in [0, 0.05) is 29.5 Å². The quantitative estimate of drug-likeness (QED) is 0.666. The Morgan fingerprint density at radius 3 is 2.86 bits per heavy atom. The van der Waals surface area contributed by atoms with Crippen LogP contribution in [0.4, 0.5) is 0 Å². The van der Waals surface area contributed by atoms with Crippen molar-refractivity contribution in [1.29, 1.82) is 0 Å². The molecular weight excluding hydrogens is 332 g/mol. The topological polar surface area (TPSA) is 50.4 Å². The van der Waals surface area contributed by atoms with Gasteiger partial charge in [0.1, 0.15) is 5.75 Å². The van der Waals surface area contributed by atoms with Crippen LogP contribution in [-0.4, -0.2) is 26.1 Å². The van der Waals surface area contributed by atoms with E-state index in [1.807, 2.05) is 12.1 Å². The van der Waals surface area contributed by atoms with E-state index in [1.54, 1.807) is 7.05 Å². The molecule has 0 aromatic heterocycles. The first kappa shape index (κ1) is 18.0. The Kier molecular flexibility index (Phi) is 8.38. The molecule has 1 atom stereocenters. The normalized spacial score (nSPS) is 12.0. The van der Waals surface area contributed by atoms with Crippen LogP contribution >= 0.6 is 15.9 Å². The molecule has 5 heteroatoms. The third-order valence-corrected chi connectivity index (χ3v) is 3.72. The van der Waals surface area contributed by atoms with Crippen molar-refractivity contribution in [3.63, 3.8) is 0 Å². The molecule has 0 aliphatic carbocycles. The molecule has 21 heavy (non-hydrogen) atoms. The average molecular weight is 357 g/mol. The second kappa shape index (κ2) is 9.79. The number of benzene rings is 1. The van der Waals surface area contributed by atoms with Crippen LogP contribution in [0.1, 0.15) is 44.7 Å². The highest BCUT2D eigenvalue weighted by Gasteiger charge is 2.11. The zero-order valence-corrected chi connectivity index (χ0v) is 14.6. The summed E-state index contributed by atoms with van der Waals surface area (Å²) < 4.78 is 6.86. The third kappa shape index (κ3) is 6.48. The lowest BCUT2D eigenvalue weighted by Crippen LogP contribution is -2.20. The first-order valence-corrected chi connectivity index (χ1v) is 8.24. The van der Waals surface area contributed by atoms with Gasteiger partial charge in [-0.2, -0.15) is 0 Å². The van der Waals surface area contributed by atoms with Gasteiger partial charge in [-0.15, -0.1) is 0 Å². The number of halogens is 1. The van der Waals surface area contributed by atoms with Gasteiger partial charge in [0.25, 0.3) is 0 Å². The molecule has 0 fully saturated rings. The molecule has 0 heterocycles. The molecule has 118 valence electrons. The minimum atomic E-state index is 0.0473. The maximum Gasteiger partial charge on any atom is 0.219 e. The molecule has 1 rings (SSSR count). The Labute approximate surface area is 135 Å². The minimum absolute atomic E-state index is 0.0473. The highest BCUT2D eigenvalue weighted by atomic mass is 79.9. The van der Waals surface area contributed by atoms with Gasteiger partial charge in [0.2, 0.25) is 5.91 Å². The lowest BCUT2D eigenvalue weighted by atomic mass is 10.1. The van der Waals surface area contributed by atoms with Crippen LogP contribution < -0.4 is 15.4 Å². The summed E-state index contributed by atoms with van der Waals surface area (Å²) in [6.07, 6.45) is 2.30. The van der Waals surface area contributed by atoms with Gasteiger partial charge in [-0.05, 0) is 38.4 Å². The number of hydrogen-bond acceptors (Lipinski definition) is 3. The van der Waals surface area contributed by atoms with Crippen LogP contribution in [0.3, 0.4) is 0 Å². The number of ether oxygens (including phenoxy) is 1. The highest BCUT2D eigenvalue weighted by molar-refractivity contribution is 9.10. The first-order chi connectivity index (χ1) is 10.1. The molecule has 0 saturated heterocycles. The lowest BCUT2D eigenvalue weighted by Gasteiger charge is -2.18. The summed E-state index contributed by atoms with van der Waals surface area (Å²) in [4.78, 5) is 11.2. The SMILES string of the molecule is CCCNC(C)c1ccc(Br)cc1OCCCC(=O)NC. The molecule has 0 aliphatic heterocycles. The Balaban J connectivity index is 2.62. The standard InChI is InChI=1S/C16H25BrN2O2/c1-4-9-19-12(2)14-8-7-13(17)11-15(14)21-10-5-6-16(20)18-3/h7-8,11-12,19H,4-6,9-10H2,1-3H3,(H,18,20). The zero-order chi connectivity index (χ0) is 15.7. The van der Waals surface area contributed by atoms with Crippen LogP contribution in [0.2, 0.25) is 0 Å². The van der Waals surface area contributed by atoms with E-state index in [9.17, 15) is 4.79 Å². The number of rotatable bonds is 9. The predicted molar refractivity (Wildman–Crippen MR) is 89.6 cm³/mol. The summed E-state index contributed by atoms with van der Waals surface area (Å²) in [6, 6.07) is 6.33. The van der Waals surface area contributed by atoms with E-state index in [-0.39, 0.29) is 11.9 Å². The average Bonchev–Trinajstić information content (AvgIpc) is 2.49. The van der Waals surface area contributed by atoms with Crippen LogP contribution in [0.15, 0.2) is 22.7 Å². The lowest BCUT2D eigenvalue weighted by molar-refractivity contribution is -0.120. The van der Waals surface area contributed by atoms with Crippen molar-refractivity contribution in [2.45, 2.75) is 39.2 Å². The minimum Gasteiger partial charge on any atom is -0.493 e. The van der Waals surface area contributed by atoms with Gasteiger partial charge in [0.15, 0.2) is 0 Å². The van der Waals surface area contributed by atoms with E-state index >= 15 is 0 Å². The summed E-state index contributed by atoms with van der Waals surface area (Å²) in [6.45, 7) is 5.80. The summed E-state index contributed by atoms with van der Waals surface area (Å²) in [7, 11) is 1.65. The van der Waals surface area contributed by atoms with Gasteiger partial charge in [-0.25, -0.2) is 0 Å². The maximum absolute atomic E-state index is 11.2. The summed E-state index contributed by atoms with van der Waals surface area (Å²) in [5, 5.41) is 6.08. The van der Waals surface area contributed by atoms with Crippen LogP contribution in [0.5, 0.6) is 5.75 Å². The fourth-order valence-corrected chi connectivity index (χ4v) is 2.34. The summed E-state index contributed by atoms with van der Waals surface area (Å²) in [5.41, 5.74) is 1.14. The number of amides is 1. The molecule has 1 aromatic carbocycles. The van der Waals surface area contributed by atoms with Crippen molar-refractivity contribution in [2.24, 2.45) is 0 Å². The Morgan fingerprint density at radius 2 is 2.19 bits per heavy atom. The molecule has 0 spiro atoms. The first-order valence-electron chi connectivity index (χ1n) is 7.44. The van der Waals surface area contributed by atoms with Crippen molar-refractivity contribution < 1.29 is 9.53 Å². The summed E-state index contributed by atoms with van der Waals surface area (Å²) in [5.74, 6) is 0.920. The van der Waals surface area contributed by atoms with E-state index in [4.69, 9.17) is 4.74 Å². The van der Waals surface area contributed by atoms with Crippen molar-refractivity contribution in [2.75, 3.05) is 20.2 Å². The second-order valence-corrected chi connectivity index (χ2v) is 5.90. The monoisotopic (exact) mass is 356 g/mol. The molecule has 0 aliphatic rings. The number of carbonyl (C=O) groups excluding carboxylic acids is 1. The van der Waals surface area contributed by atoms with Gasteiger partial charge in [-0.3, -0.25) is 4.79 Å². The second-order valence-electron chi connectivity index (χ2n) is 4.98. The molecule has 4 nitrogen and oxygen atoms in total. The molecule has 0 saturated carbocycles. The third-order valence-electron chi connectivity index (χ3n) is 3.23. The number of hydrogen-bond donors (Lipinski definition) is 2. The maximum atomic E-state index is 11.2. The van der Waals surface area contributed by atoms with Gasteiger partial charge < -0.3 is 15.4 Å². The fourth-order valence-electron chi connectivity index (χ4n) is 2.00. The highest BCUT2D eigenvalue weighted by Crippen LogP contribution is 2.29. The van der Waals surface area contributed by atoms with Crippen molar-refractivity contribution in [3.05, 3.63) is 28.2 Å². The van der Waals surface area contributed by atoms with Crippen molar-refractivity contribution in [1.82, 2.24) is 10.6 Å². The van der Waals surface area contributed by atoms with Crippen LogP contribution in [0.25, 0.3) is 0 Å². The Bertz CT molecular complexity index is 452. The van der Waals surface area contributed by atoms with Crippen LogP contribution in [-0.2, 0) is 4.79 Å². The number of nitrogens with one attached hydrogen (secondary N) is 2. The largest absolute Gasteiger partial charge is 0.493 e. The Hall–Kier alpha value is -1.07. The van der Waals surface area contributed by atoms with Crippen LogP contribution in [0, 0.1) is 0 Å². The van der Waals surface area contributed by atoms with E-state index in [0.29, 0.717) is 19.4 Å². The fraction of sp³-hybridized carbons (Fsp3) is 0.562.